The van der Waals surface area contributed by atoms with Gasteiger partial charge in [-0.25, -0.2) is 0 Å². The molecular weight excluding hydrogens is 665 g/mol. The predicted octanol–water partition coefficient (Wildman–Crippen LogP) is 14.9. The summed E-state index contributed by atoms with van der Waals surface area (Å²) in [7, 11) is 0. The van der Waals surface area contributed by atoms with Crippen molar-refractivity contribution in [3.63, 3.8) is 0 Å². The third kappa shape index (κ3) is 11.8. The monoisotopic (exact) mass is 722 g/mol. The number of benzene rings is 3. The SMILES string of the molecule is C=C(C)c1ccccc1.C=C(N=C(C)C/C=C\C=C/C)c1cc(C/C=C\C(=C/C)c2ccccn2)cc(C2=CCC=C3C(=C2)C(C)c2ccccc23)c1.CC. The normalized spacial score (nSPS) is 15.2. The van der Waals surface area contributed by atoms with Crippen LogP contribution in [0.3, 0.4) is 0 Å². The lowest BCUT2D eigenvalue weighted by atomic mass is 9.93. The van der Waals surface area contributed by atoms with Crippen LogP contribution in [0.25, 0.3) is 28.0 Å². The van der Waals surface area contributed by atoms with E-state index in [2.05, 4.69) is 142 Å². The standard InChI is InChI=1S/C42H42N2.C9H10.C2H6/c1-6-8-9-10-17-30(3)44-32(5)36-26-33(18-15-19-34(7-2)42-24-13-14-25-43-42)27-37(28-36)35-20-16-23-40-39-22-12-11-21-38(39)31(4)41(40)29-35;1-8(2)9-6-4-3-5-7-9;1-2/h6-15,19-29,31H,5,16-18H2,1-4H3;3-7H,1H2,2H3;1-2H3/b8-6-,10-9-,19-15-,34-7+,44-30?;;. The molecule has 0 amide bonds. The average molecular weight is 723 g/mol. The maximum Gasteiger partial charge on any atom is 0.0698 e. The summed E-state index contributed by atoms with van der Waals surface area (Å²) in [6, 6.07) is 31.8. The first-order valence-electron chi connectivity index (χ1n) is 19.6. The van der Waals surface area contributed by atoms with Gasteiger partial charge in [0, 0.05) is 29.8 Å². The third-order valence-electron chi connectivity index (χ3n) is 9.49. The Morgan fingerprint density at radius 3 is 2.27 bits per heavy atom. The number of nitrogens with zero attached hydrogens (tertiary/aromatic N) is 2. The molecule has 2 heteroatoms. The third-order valence-corrected chi connectivity index (χ3v) is 9.49. The summed E-state index contributed by atoms with van der Waals surface area (Å²) in [5.41, 5.74) is 16.6. The molecule has 1 unspecified atom stereocenters. The molecule has 0 aliphatic heterocycles. The fourth-order valence-electron chi connectivity index (χ4n) is 6.66. The zero-order chi connectivity index (χ0) is 39.6. The summed E-state index contributed by atoms with van der Waals surface area (Å²) in [5, 5.41) is 0. The molecule has 0 spiro atoms. The van der Waals surface area contributed by atoms with Crippen LogP contribution in [0.2, 0.25) is 0 Å². The van der Waals surface area contributed by atoms with Gasteiger partial charge in [-0.1, -0.05) is 167 Å². The average Bonchev–Trinajstić information content (AvgIpc) is 3.33. The van der Waals surface area contributed by atoms with E-state index in [1.807, 2.05) is 82.4 Å². The smallest absolute Gasteiger partial charge is 0.0698 e. The number of aliphatic imine (C=N–C) groups is 1. The highest BCUT2D eigenvalue weighted by atomic mass is 14.7. The summed E-state index contributed by atoms with van der Waals surface area (Å²) >= 11 is 0. The van der Waals surface area contributed by atoms with Crippen molar-refractivity contribution in [2.24, 2.45) is 4.99 Å². The number of hydrogen-bond donors (Lipinski definition) is 0. The van der Waals surface area contributed by atoms with Crippen LogP contribution < -0.4 is 0 Å². The van der Waals surface area contributed by atoms with Crippen molar-refractivity contribution in [2.45, 2.75) is 73.6 Å². The van der Waals surface area contributed by atoms with E-state index in [4.69, 9.17) is 4.99 Å². The minimum atomic E-state index is 0.369. The van der Waals surface area contributed by atoms with Gasteiger partial charge in [0.2, 0.25) is 0 Å². The van der Waals surface area contributed by atoms with Crippen LogP contribution in [0, 0.1) is 0 Å². The molecule has 1 atom stereocenters. The van der Waals surface area contributed by atoms with E-state index in [0.29, 0.717) is 5.92 Å². The lowest BCUT2D eigenvalue weighted by molar-refractivity contribution is 0.959. The maximum atomic E-state index is 4.91. The Bertz CT molecular complexity index is 2160. The highest BCUT2D eigenvalue weighted by Gasteiger charge is 2.28. The quantitative estimate of drug-likeness (QED) is 0.112. The molecule has 2 nitrogen and oxygen atoms in total. The lowest BCUT2D eigenvalue weighted by Crippen LogP contribution is -1.95. The van der Waals surface area contributed by atoms with Crippen molar-refractivity contribution in [1.29, 1.82) is 0 Å². The largest absolute Gasteiger partial charge is 0.258 e. The summed E-state index contributed by atoms with van der Waals surface area (Å²) < 4.78 is 0. The van der Waals surface area contributed by atoms with Crippen LogP contribution in [0.15, 0.2) is 182 Å². The Kier molecular flexibility index (Phi) is 16.6. The predicted molar refractivity (Wildman–Crippen MR) is 244 cm³/mol. The van der Waals surface area contributed by atoms with E-state index in [0.717, 1.165) is 53.1 Å². The molecule has 0 radical (unpaired) electrons. The van der Waals surface area contributed by atoms with Crippen LogP contribution in [0.5, 0.6) is 0 Å². The Morgan fingerprint density at radius 1 is 0.836 bits per heavy atom. The van der Waals surface area contributed by atoms with Crippen molar-refractivity contribution in [3.05, 3.63) is 216 Å². The molecule has 0 bridgehead atoms. The van der Waals surface area contributed by atoms with Gasteiger partial charge in [0.1, 0.15) is 0 Å². The van der Waals surface area contributed by atoms with Crippen LogP contribution >= 0.6 is 0 Å². The van der Waals surface area contributed by atoms with Crippen LogP contribution in [0.1, 0.15) is 106 Å². The van der Waals surface area contributed by atoms with E-state index in [-0.39, 0.29) is 0 Å². The van der Waals surface area contributed by atoms with Crippen LogP contribution in [-0.2, 0) is 6.42 Å². The van der Waals surface area contributed by atoms with Crippen molar-refractivity contribution in [3.8, 4) is 0 Å². The fourth-order valence-corrected chi connectivity index (χ4v) is 6.66. The van der Waals surface area contributed by atoms with Gasteiger partial charge in [-0.3, -0.25) is 9.98 Å². The Morgan fingerprint density at radius 2 is 1.58 bits per heavy atom. The number of hydrogen-bond acceptors (Lipinski definition) is 2. The Labute approximate surface area is 331 Å². The molecule has 3 aromatic carbocycles. The van der Waals surface area contributed by atoms with Crippen molar-refractivity contribution >= 4 is 33.7 Å². The first-order valence-corrected chi connectivity index (χ1v) is 19.6. The van der Waals surface area contributed by atoms with Crippen molar-refractivity contribution in [2.75, 3.05) is 0 Å². The highest BCUT2D eigenvalue weighted by molar-refractivity contribution is 5.94. The Hall–Kier alpha value is -5.86. The summed E-state index contributed by atoms with van der Waals surface area (Å²) in [4.78, 5) is 9.44. The zero-order valence-electron chi connectivity index (χ0n) is 34.0. The summed E-state index contributed by atoms with van der Waals surface area (Å²) in [6.45, 7) is 22.7. The molecule has 2 aliphatic rings. The van der Waals surface area contributed by atoms with Gasteiger partial charge in [0.05, 0.1) is 11.4 Å². The van der Waals surface area contributed by atoms with E-state index in [1.165, 1.54) is 44.5 Å². The number of pyridine rings is 1. The second-order valence-corrected chi connectivity index (χ2v) is 13.5. The summed E-state index contributed by atoms with van der Waals surface area (Å²) in [6.07, 6.45) is 26.2. The van der Waals surface area contributed by atoms with Gasteiger partial charge in [-0.2, -0.15) is 0 Å². The van der Waals surface area contributed by atoms with E-state index in [9.17, 15) is 0 Å². The molecule has 0 fully saturated rings. The summed E-state index contributed by atoms with van der Waals surface area (Å²) in [5.74, 6) is 0.369. The zero-order valence-corrected chi connectivity index (χ0v) is 34.0. The number of rotatable bonds is 11. The van der Waals surface area contributed by atoms with E-state index >= 15 is 0 Å². The van der Waals surface area contributed by atoms with E-state index < -0.39 is 0 Å². The maximum absolute atomic E-state index is 4.91. The molecule has 1 aromatic heterocycles. The molecule has 4 aromatic rings. The van der Waals surface area contributed by atoms with E-state index in [1.54, 1.807) is 0 Å². The van der Waals surface area contributed by atoms with Gasteiger partial charge < -0.3 is 0 Å². The molecule has 0 N–H and O–H groups in total. The fraction of sp³-hybridized carbons (Fsp3) is 0.208. The van der Waals surface area contributed by atoms with Gasteiger partial charge >= 0.3 is 0 Å². The van der Waals surface area contributed by atoms with Crippen LogP contribution in [-0.4, -0.2) is 10.7 Å². The molecule has 280 valence electrons. The molecule has 1 heterocycles. The first kappa shape index (κ1) is 41.9. The van der Waals surface area contributed by atoms with Gasteiger partial charge in [-0.15, -0.1) is 0 Å². The number of allylic oxidation sites excluding steroid dienone is 15. The first-order chi connectivity index (χ1) is 26.8. The van der Waals surface area contributed by atoms with Crippen LogP contribution in [0.4, 0.5) is 0 Å². The second-order valence-electron chi connectivity index (χ2n) is 13.5. The molecule has 55 heavy (non-hydrogen) atoms. The van der Waals surface area contributed by atoms with Crippen molar-refractivity contribution in [1.82, 2.24) is 4.98 Å². The Balaban J connectivity index is 0.000000531. The highest BCUT2D eigenvalue weighted by Crippen LogP contribution is 2.47. The van der Waals surface area contributed by atoms with Crippen molar-refractivity contribution < 1.29 is 0 Å². The van der Waals surface area contributed by atoms with Gasteiger partial charge in [0.25, 0.3) is 0 Å². The molecule has 2 aliphatic carbocycles. The number of fused-ring (bicyclic) bond motifs is 3. The topological polar surface area (TPSA) is 25.2 Å². The molecule has 6 rings (SSSR count). The lowest BCUT2D eigenvalue weighted by Gasteiger charge is -2.13. The molecular formula is C53H58N2. The molecule has 0 saturated heterocycles. The number of aromatic nitrogens is 1. The minimum Gasteiger partial charge on any atom is -0.258 e. The minimum absolute atomic E-state index is 0.369. The van der Waals surface area contributed by atoms with Gasteiger partial charge in [0.15, 0.2) is 0 Å². The van der Waals surface area contributed by atoms with Gasteiger partial charge in [-0.05, 0) is 115 Å². The molecule has 0 saturated carbocycles. The second kappa shape index (κ2) is 21.7.